The molecule has 0 saturated heterocycles. The lowest BCUT2D eigenvalue weighted by Crippen LogP contribution is -2.37. The van der Waals surface area contributed by atoms with Gasteiger partial charge in [-0.05, 0) is 6.92 Å². The highest BCUT2D eigenvalue weighted by molar-refractivity contribution is 5.86. The maximum Gasteiger partial charge on any atom is 0.358 e. The maximum absolute atomic E-state index is 11.5. The van der Waals surface area contributed by atoms with E-state index in [2.05, 4.69) is 41.3 Å². The number of nitrogens with zero attached hydrogens (tertiary/aromatic N) is 6. The van der Waals surface area contributed by atoms with E-state index in [0.29, 0.717) is 12.4 Å². The van der Waals surface area contributed by atoms with Crippen LogP contribution in [0.1, 0.15) is 29.3 Å². The van der Waals surface area contributed by atoms with Crippen molar-refractivity contribution >= 4 is 11.8 Å². The summed E-state index contributed by atoms with van der Waals surface area (Å²) in [6.07, 6.45) is 3.02. The summed E-state index contributed by atoms with van der Waals surface area (Å²) in [5, 5.41) is 8.75. The molecule has 0 amide bonds. The van der Waals surface area contributed by atoms with Crippen molar-refractivity contribution in [3.05, 3.63) is 54.2 Å². The van der Waals surface area contributed by atoms with Crippen LogP contribution in [0.2, 0.25) is 0 Å². The number of hydrogen-bond acceptors (Lipinski definition) is 7. The molecule has 0 bridgehead atoms. The number of carbonyl (C=O) groups excluding carboxylic acids is 1. The molecule has 1 aromatic carbocycles. The summed E-state index contributed by atoms with van der Waals surface area (Å²) in [7, 11) is 1.32. The zero-order valence-electron chi connectivity index (χ0n) is 14.5. The van der Waals surface area contributed by atoms with Gasteiger partial charge in [-0.2, -0.15) is 0 Å². The third-order valence-electron chi connectivity index (χ3n) is 4.41. The van der Waals surface area contributed by atoms with E-state index in [1.807, 2.05) is 30.3 Å². The van der Waals surface area contributed by atoms with Gasteiger partial charge in [-0.1, -0.05) is 30.3 Å². The summed E-state index contributed by atoms with van der Waals surface area (Å²) < 4.78 is 6.82. The second-order valence-electron chi connectivity index (χ2n) is 6.16. The lowest BCUT2D eigenvalue weighted by Gasteiger charge is -2.33. The minimum atomic E-state index is -0.497. The Morgan fingerprint density at radius 2 is 1.96 bits per heavy atom. The van der Waals surface area contributed by atoms with Gasteiger partial charge in [-0.25, -0.2) is 14.8 Å². The number of fused-ring (bicyclic) bond motifs is 1. The fourth-order valence-electron chi connectivity index (χ4n) is 3.18. The largest absolute Gasteiger partial charge is 0.464 e. The van der Waals surface area contributed by atoms with Crippen LogP contribution in [-0.2, 0) is 11.3 Å². The van der Waals surface area contributed by atoms with Crippen molar-refractivity contribution < 1.29 is 9.53 Å². The molecule has 1 aliphatic rings. The quantitative estimate of drug-likeness (QED) is 0.669. The summed E-state index contributed by atoms with van der Waals surface area (Å²) in [5.74, 6) is 1.95. The van der Waals surface area contributed by atoms with E-state index in [1.165, 1.54) is 13.3 Å². The van der Waals surface area contributed by atoms with Crippen LogP contribution in [0.5, 0.6) is 0 Å². The number of hydrogen-bond donors (Lipinski definition) is 0. The number of benzene rings is 1. The highest BCUT2D eigenvalue weighted by Crippen LogP contribution is 2.29. The number of methoxy groups -OCH3 is 1. The third kappa shape index (κ3) is 2.79. The molecule has 0 radical (unpaired) electrons. The maximum atomic E-state index is 11.5. The summed E-state index contributed by atoms with van der Waals surface area (Å²) in [4.78, 5) is 22.1. The van der Waals surface area contributed by atoms with Crippen LogP contribution in [0.3, 0.4) is 0 Å². The Bertz CT molecular complexity index is 923. The summed E-state index contributed by atoms with van der Waals surface area (Å²) in [6, 6.07) is 10.2. The van der Waals surface area contributed by atoms with Gasteiger partial charge in [0, 0.05) is 12.1 Å². The zero-order valence-corrected chi connectivity index (χ0v) is 14.5. The van der Waals surface area contributed by atoms with Gasteiger partial charge in [0.2, 0.25) is 0 Å². The number of carbonyl (C=O) groups is 1. The number of anilines is 1. The molecule has 132 valence electrons. The molecule has 26 heavy (non-hydrogen) atoms. The highest BCUT2D eigenvalue weighted by atomic mass is 16.5. The van der Waals surface area contributed by atoms with Gasteiger partial charge in [0.1, 0.15) is 5.82 Å². The van der Waals surface area contributed by atoms with E-state index in [9.17, 15) is 4.79 Å². The monoisotopic (exact) mass is 350 g/mol. The predicted molar refractivity (Wildman–Crippen MR) is 94.6 cm³/mol. The van der Waals surface area contributed by atoms with Gasteiger partial charge < -0.3 is 14.2 Å². The number of esters is 1. The van der Waals surface area contributed by atoms with Gasteiger partial charge in [0.25, 0.3) is 0 Å². The molecule has 0 N–H and O–H groups in total. The molecular formula is C18H18N6O2. The van der Waals surface area contributed by atoms with E-state index in [1.54, 1.807) is 6.20 Å². The van der Waals surface area contributed by atoms with Gasteiger partial charge in [-0.15, -0.1) is 10.2 Å². The van der Waals surface area contributed by atoms with Crippen LogP contribution in [0.15, 0.2) is 42.7 Å². The molecule has 3 aromatic rings. The van der Waals surface area contributed by atoms with Crippen molar-refractivity contribution in [2.45, 2.75) is 19.5 Å². The molecule has 0 unspecified atom stereocenters. The van der Waals surface area contributed by atoms with Gasteiger partial charge in [-0.3, -0.25) is 0 Å². The Labute approximate surface area is 150 Å². The van der Waals surface area contributed by atoms with E-state index in [-0.39, 0.29) is 11.7 Å². The summed E-state index contributed by atoms with van der Waals surface area (Å²) >= 11 is 0. The van der Waals surface area contributed by atoms with Crippen molar-refractivity contribution in [3.8, 4) is 11.4 Å². The number of rotatable bonds is 3. The lowest BCUT2D eigenvalue weighted by molar-refractivity contribution is 0.0593. The van der Waals surface area contributed by atoms with Gasteiger partial charge in [0.05, 0.1) is 32.1 Å². The van der Waals surface area contributed by atoms with Crippen LogP contribution < -0.4 is 4.90 Å². The molecular weight excluding hydrogens is 332 g/mol. The lowest BCUT2D eigenvalue weighted by atomic mass is 10.1. The highest BCUT2D eigenvalue weighted by Gasteiger charge is 2.28. The summed E-state index contributed by atoms with van der Waals surface area (Å²) in [6.45, 7) is 3.45. The topological polar surface area (TPSA) is 86.0 Å². The molecule has 0 saturated carbocycles. The first kappa shape index (κ1) is 16.2. The first-order chi connectivity index (χ1) is 12.7. The minimum Gasteiger partial charge on any atom is -0.464 e. The van der Waals surface area contributed by atoms with Crippen LogP contribution in [0.25, 0.3) is 11.4 Å². The molecule has 3 heterocycles. The van der Waals surface area contributed by atoms with E-state index in [4.69, 9.17) is 0 Å². The first-order valence-corrected chi connectivity index (χ1v) is 8.32. The predicted octanol–water partition coefficient (Wildman–Crippen LogP) is 2.10. The standard InChI is InChI=1S/C18H18N6O2/c1-12-10-23(15-9-19-14(8-20-15)18(25)26-2)11-16-21-22-17(24(12)16)13-6-4-3-5-7-13/h3-9,12H,10-11H2,1-2H3/t12-/m0/s1. The average molecular weight is 350 g/mol. The van der Waals surface area contributed by atoms with Crippen LogP contribution in [0, 0.1) is 0 Å². The van der Waals surface area contributed by atoms with E-state index in [0.717, 1.165) is 23.8 Å². The Morgan fingerprint density at radius 1 is 1.15 bits per heavy atom. The Hall–Kier alpha value is -3.29. The smallest absolute Gasteiger partial charge is 0.358 e. The molecule has 1 atom stereocenters. The van der Waals surface area contributed by atoms with Gasteiger partial charge in [0.15, 0.2) is 17.3 Å². The average Bonchev–Trinajstić information content (AvgIpc) is 3.13. The van der Waals surface area contributed by atoms with Crippen molar-refractivity contribution in [2.75, 3.05) is 18.6 Å². The zero-order chi connectivity index (χ0) is 18.1. The molecule has 2 aromatic heterocycles. The van der Waals surface area contributed by atoms with Crippen molar-refractivity contribution in [1.82, 2.24) is 24.7 Å². The Kier molecular flexibility index (Phi) is 4.08. The Morgan fingerprint density at radius 3 is 2.65 bits per heavy atom. The first-order valence-electron chi connectivity index (χ1n) is 8.32. The summed E-state index contributed by atoms with van der Waals surface area (Å²) in [5.41, 5.74) is 1.24. The number of aromatic nitrogens is 5. The minimum absolute atomic E-state index is 0.172. The fourth-order valence-corrected chi connectivity index (χ4v) is 3.18. The molecule has 0 fully saturated rings. The number of ether oxygens (including phenoxy) is 1. The molecule has 4 rings (SSSR count). The second kappa shape index (κ2) is 6.55. The van der Waals surface area contributed by atoms with E-state index < -0.39 is 5.97 Å². The second-order valence-corrected chi connectivity index (χ2v) is 6.16. The SMILES string of the molecule is COC(=O)c1cnc(N2Cc3nnc(-c4ccccc4)n3[C@@H](C)C2)cn1. The molecule has 8 heteroatoms. The molecule has 0 aliphatic carbocycles. The van der Waals surface area contributed by atoms with Crippen molar-refractivity contribution in [3.63, 3.8) is 0 Å². The van der Waals surface area contributed by atoms with Gasteiger partial charge >= 0.3 is 5.97 Å². The molecule has 8 nitrogen and oxygen atoms in total. The third-order valence-corrected chi connectivity index (χ3v) is 4.41. The molecule has 1 aliphatic heterocycles. The Balaban J connectivity index is 1.61. The van der Waals surface area contributed by atoms with Crippen molar-refractivity contribution in [1.29, 1.82) is 0 Å². The normalized spacial score (nSPS) is 16.2. The van der Waals surface area contributed by atoms with E-state index >= 15 is 0 Å². The molecule has 0 spiro atoms. The van der Waals surface area contributed by atoms with Crippen LogP contribution in [0.4, 0.5) is 5.82 Å². The fraction of sp³-hybridized carbons (Fsp3) is 0.278. The van der Waals surface area contributed by atoms with Crippen molar-refractivity contribution in [2.24, 2.45) is 0 Å². The van der Waals surface area contributed by atoms with Crippen LogP contribution in [-0.4, -0.2) is 44.4 Å². The van der Waals surface area contributed by atoms with Crippen LogP contribution >= 0.6 is 0 Å².